The first-order chi connectivity index (χ1) is 17.4. The molecule has 7 heteroatoms. The van der Waals surface area contributed by atoms with Gasteiger partial charge in [0.1, 0.15) is 5.60 Å². The van der Waals surface area contributed by atoms with Gasteiger partial charge in [0.15, 0.2) is 0 Å². The molecule has 0 unspecified atom stereocenters. The fraction of sp³-hybridized carbons (Fsp3) is 0.966. The first-order valence-electron chi connectivity index (χ1n) is 14.6. The summed E-state index contributed by atoms with van der Waals surface area (Å²) >= 11 is 0. The minimum atomic E-state index is -0.486. The molecular formula is C29H59NO6. The fourth-order valence-corrected chi connectivity index (χ4v) is 3.62. The van der Waals surface area contributed by atoms with Crippen molar-refractivity contribution in [3.63, 3.8) is 0 Å². The number of ether oxygens (including phenoxy) is 5. The zero-order chi connectivity index (χ0) is 26.7. The topological polar surface area (TPSA) is 66.5 Å². The summed E-state index contributed by atoms with van der Waals surface area (Å²) in [5.74, 6) is 0. The van der Waals surface area contributed by atoms with Crippen LogP contribution in [0.4, 0.5) is 4.79 Å². The van der Waals surface area contributed by atoms with E-state index in [2.05, 4.69) is 6.92 Å². The molecule has 0 aliphatic rings. The van der Waals surface area contributed by atoms with Gasteiger partial charge in [0, 0.05) is 20.2 Å². The predicted octanol–water partition coefficient (Wildman–Crippen LogP) is 7.01. The lowest BCUT2D eigenvalue weighted by molar-refractivity contribution is -0.00593. The number of rotatable bonds is 26. The van der Waals surface area contributed by atoms with E-state index in [0.29, 0.717) is 52.8 Å². The third kappa shape index (κ3) is 27.7. The molecule has 0 N–H and O–H groups in total. The van der Waals surface area contributed by atoms with Gasteiger partial charge in [-0.15, -0.1) is 0 Å². The predicted molar refractivity (Wildman–Crippen MR) is 148 cm³/mol. The molecule has 0 bridgehead atoms. The van der Waals surface area contributed by atoms with E-state index in [1.807, 2.05) is 20.8 Å². The molecule has 0 aromatic carbocycles. The standard InChI is InChI=1S/C29H59NO6/c1-6-7-8-9-10-11-12-13-14-15-16-17-18-20-32-22-24-34-26-27-35-25-23-33-21-19-30(5)28(31)36-29(2,3)4/h6-27H2,1-5H3. The molecule has 0 fully saturated rings. The van der Waals surface area contributed by atoms with Gasteiger partial charge in [0.2, 0.25) is 0 Å². The van der Waals surface area contributed by atoms with Crippen LogP contribution in [0.3, 0.4) is 0 Å². The van der Waals surface area contributed by atoms with Crippen LogP contribution in [0.2, 0.25) is 0 Å². The normalized spacial score (nSPS) is 11.7. The minimum Gasteiger partial charge on any atom is -0.444 e. The Hall–Kier alpha value is -0.890. The highest BCUT2D eigenvalue weighted by Gasteiger charge is 2.19. The Bertz CT molecular complexity index is 469. The molecule has 0 saturated heterocycles. The van der Waals surface area contributed by atoms with Crippen LogP contribution in [-0.4, -0.2) is 83.0 Å². The Kier molecular flexibility index (Phi) is 25.1. The van der Waals surface area contributed by atoms with E-state index in [9.17, 15) is 4.79 Å². The summed E-state index contributed by atoms with van der Waals surface area (Å²) in [4.78, 5) is 13.3. The van der Waals surface area contributed by atoms with Crippen molar-refractivity contribution in [2.24, 2.45) is 0 Å². The van der Waals surface area contributed by atoms with Crippen LogP contribution >= 0.6 is 0 Å². The summed E-state index contributed by atoms with van der Waals surface area (Å²) in [7, 11) is 1.70. The largest absolute Gasteiger partial charge is 0.444 e. The molecule has 0 spiro atoms. The molecule has 0 saturated carbocycles. The Labute approximate surface area is 222 Å². The van der Waals surface area contributed by atoms with Gasteiger partial charge in [0.25, 0.3) is 0 Å². The van der Waals surface area contributed by atoms with E-state index < -0.39 is 5.60 Å². The second-order valence-electron chi connectivity index (χ2n) is 10.6. The highest BCUT2D eigenvalue weighted by molar-refractivity contribution is 5.67. The lowest BCUT2D eigenvalue weighted by Gasteiger charge is -2.24. The van der Waals surface area contributed by atoms with Crippen molar-refractivity contribution in [3.05, 3.63) is 0 Å². The zero-order valence-electron chi connectivity index (χ0n) is 24.5. The second-order valence-corrected chi connectivity index (χ2v) is 10.6. The van der Waals surface area contributed by atoms with Gasteiger partial charge in [-0.3, -0.25) is 0 Å². The maximum Gasteiger partial charge on any atom is 0.410 e. The molecule has 216 valence electrons. The van der Waals surface area contributed by atoms with Crippen molar-refractivity contribution in [3.8, 4) is 0 Å². The highest BCUT2D eigenvalue weighted by atomic mass is 16.6. The summed E-state index contributed by atoms with van der Waals surface area (Å²) < 4.78 is 27.4. The lowest BCUT2D eigenvalue weighted by Crippen LogP contribution is -2.36. The van der Waals surface area contributed by atoms with Crippen LogP contribution < -0.4 is 0 Å². The number of hydrogen-bond donors (Lipinski definition) is 0. The molecule has 0 rings (SSSR count). The number of unbranched alkanes of at least 4 members (excludes halogenated alkanes) is 12. The van der Waals surface area contributed by atoms with E-state index in [-0.39, 0.29) is 6.09 Å². The highest BCUT2D eigenvalue weighted by Crippen LogP contribution is 2.12. The molecule has 0 aliphatic carbocycles. The van der Waals surface area contributed by atoms with Crippen LogP contribution in [0.5, 0.6) is 0 Å². The first-order valence-corrected chi connectivity index (χ1v) is 14.6. The molecule has 0 aromatic heterocycles. The van der Waals surface area contributed by atoms with Gasteiger partial charge in [-0.2, -0.15) is 0 Å². The van der Waals surface area contributed by atoms with Crippen molar-refractivity contribution >= 4 is 6.09 Å². The smallest absolute Gasteiger partial charge is 0.410 e. The van der Waals surface area contributed by atoms with E-state index in [0.717, 1.165) is 13.0 Å². The van der Waals surface area contributed by atoms with Crippen LogP contribution in [0.15, 0.2) is 0 Å². The molecule has 36 heavy (non-hydrogen) atoms. The zero-order valence-corrected chi connectivity index (χ0v) is 24.5. The van der Waals surface area contributed by atoms with E-state index >= 15 is 0 Å². The summed E-state index contributed by atoms with van der Waals surface area (Å²) in [5.41, 5.74) is -0.486. The van der Waals surface area contributed by atoms with Gasteiger partial charge < -0.3 is 28.6 Å². The van der Waals surface area contributed by atoms with Crippen molar-refractivity contribution in [2.45, 2.75) is 117 Å². The SMILES string of the molecule is CCCCCCCCCCCCCCCOCCOCCOCCOCCN(C)C(=O)OC(C)(C)C. The van der Waals surface area contributed by atoms with Crippen molar-refractivity contribution in [1.29, 1.82) is 0 Å². The molecule has 0 aromatic rings. The summed E-state index contributed by atoms with van der Waals surface area (Å²) in [5, 5.41) is 0. The Morgan fingerprint density at radius 3 is 1.33 bits per heavy atom. The number of nitrogens with zero attached hydrogens (tertiary/aromatic N) is 1. The van der Waals surface area contributed by atoms with Crippen LogP contribution in [-0.2, 0) is 23.7 Å². The molecule has 0 atom stereocenters. The van der Waals surface area contributed by atoms with Crippen molar-refractivity contribution in [2.75, 3.05) is 66.4 Å². The number of hydrogen-bond acceptors (Lipinski definition) is 6. The van der Waals surface area contributed by atoms with Crippen LogP contribution in [0.1, 0.15) is 111 Å². The Morgan fingerprint density at radius 1 is 0.556 bits per heavy atom. The van der Waals surface area contributed by atoms with E-state index in [1.54, 1.807) is 7.05 Å². The maximum absolute atomic E-state index is 11.8. The van der Waals surface area contributed by atoms with E-state index in [1.165, 1.54) is 81.9 Å². The first kappa shape index (κ1) is 35.1. The summed E-state index contributed by atoms with van der Waals surface area (Å²) in [6.07, 6.45) is 17.5. The lowest BCUT2D eigenvalue weighted by atomic mass is 10.0. The van der Waals surface area contributed by atoms with Crippen LogP contribution in [0, 0.1) is 0 Å². The quantitative estimate of drug-likeness (QED) is 0.115. The van der Waals surface area contributed by atoms with Gasteiger partial charge >= 0.3 is 6.09 Å². The number of likely N-dealkylation sites (N-methyl/N-ethyl adjacent to an activating group) is 1. The van der Waals surface area contributed by atoms with Crippen LogP contribution in [0.25, 0.3) is 0 Å². The van der Waals surface area contributed by atoms with Gasteiger partial charge in [-0.25, -0.2) is 4.79 Å². The average Bonchev–Trinajstić information content (AvgIpc) is 2.82. The molecular weight excluding hydrogens is 458 g/mol. The number of amides is 1. The number of carbonyl (C=O) groups excluding carboxylic acids is 1. The molecule has 1 amide bonds. The summed E-state index contributed by atoms with van der Waals surface area (Å²) in [6, 6.07) is 0. The molecule has 0 radical (unpaired) electrons. The molecule has 7 nitrogen and oxygen atoms in total. The van der Waals surface area contributed by atoms with Gasteiger partial charge in [0.05, 0.1) is 46.2 Å². The Morgan fingerprint density at radius 2 is 0.917 bits per heavy atom. The van der Waals surface area contributed by atoms with E-state index in [4.69, 9.17) is 23.7 Å². The number of carbonyl (C=O) groups is 1. The molecule has 0 aliphatic heterocycles. The molecule has 0 heterocycles. The summed E-state index contributed by atoms with van der Waals surface area (Å²) in [6.45, 7) is 12.9. The van der Waals surface area contributed by atoms with Crippen molar-refractivity contribution < 1.29 is 28.5 Å². The van der Waals surface area contributed by atoms with Crippen molar-refractivity contribution in [1.82, 2.24) is 4.90 Å². The monoisotopic (exact) mass is 517 g/mol. The maximum atomic E-state index is 11.8. The minimum absolute atomic E-state index is 0.340. The second kappa shape index (κ2) is 25.7. The Balaban J connectivity index is 3.17. The third-order valence-corrected chi connectivity index (χ3v) is 5.78. The third-order valence-electron chi connectivity index (χ3n) is 5.78. The van der Waals surface area contributed by atoms with Gasteiger partial charge in [-0.1, -0.05) is 84.0 Å². The van der Waals surface area contributed by atoms with Gasteiger partial charge in [-0.05, 0) is 27.2 Å². The average molecular weight is 518 g/mol. The fourth-order valence-electron chi connectivity index (χ4n) is 3.62.